The number of nitrogens with two attached hydrogens (primary N) is 1. The van der Waals surface area contributed by atoms with Crippen molar-refractivity contribution in [2.45, 2.75) is 70.0 Å². The first-order valence-electron chi connectivity index (χ1n) is 11.7. The lowest BCUT2D eigenvalue weighted by Gasteiger charge is -2.38. The number of hydrogen-bond acceptors (Lipinski definition) is 7. The summed E-state index contributed by atoms with van der Waals surface area (Å²) in [5.41, 5.74) is 7.46. The number of anilines is 1. The molecule has 0 aromatic heterocycles. The van der Waals surface area contributed by atoms with E-state index in [0.717, 1.165) is 44.5 Å². The molecule has 2 fully saturated rings. The van der Waals surface area contributed by atoms with Crippen molar-refractivity contribution in [3.8, 4) is 5.75 Å². The van der Waals surface area contributed by atoms with Crippen molar-refractivity contribution in [3.63, 3.8) is 0 Å². The van der Waals surface area contributed by atoms with Crippen molar-refractivity contribution in [1.29, 1.82) is 0 Å². The molecule has 1 aromatic rings. The highest BCUT2D eigenvalue weighted by Gasteiger charge is 2.38. The SMILES string of the molecule is CO[C@H]1CN(CCCC2(C)OCCO2)CC[C@H]1NC(=O)c1cc(Cl)c(N)c2c1OC(C)(C)C2. The third-order valence-electron chi connectivity index (χ3n) is 6.86. The second-order valence-electron chi connectivity index (χ2n) is 10.0. The number of piperidine rings is 1. The second-order valence-corrected chi connectivity index (χ2v) is 10.5. The number of amides is 1. The number of carbonyl (C=O) groups is 1. The number of hydrogen-bond donors (Lipinski definition) is 2. The van der Waals surface area contributed by atoms with E-state index >= 15 is 0 Å². The third kappa shape index (κ3) is 5.41. The molecule has 0 radical (unpaired) electrons. The maximum absolute atomic E-state index is 13.3. The van der Waals surface area contributed by atoms with E-state index in [1.807, 2.05) is 20.8 Å². The first kappa shape index (κ1) is 24.5. The molecule has 8 nitrogen and oxygen atoms in total. The van der Waals surface area contributed by atoms with Crippen LogP contribution in [-0.4, -0.2) is 74.3 Å². The first-order chi connectivity index (χ1) is 15.6. The Morgan fingerprint density at radius 3 is 2.76 bits per heavy atom. The molecule has 3 N–H and O–H groups in total. The van der Waals surface area contributed by atoms with Gasteiger partial charge in [-0.3, -0.25) is 4.79 Å². The van der Waals surface area contributed by atoms with Gasteiger partial charge in [0.05, 0.1) is 41.6 Å². The number of carbonyl (C=O) groups excluding carboxylic acids is 1. The van der Waals surface area contributed by atoms with Crippen LogP contribution in [0.1, 0.15) is 56.0 Å². The van der Waals surface area contributed by atoms with E-state index in [1.54, 1.807) is 13.2 Å². The number of rotatable bonds is 7. The van der Waals surface area contributed by atoms with E-state index in [-0.39, 0.29) is 18.1 Å². The number of fused-ring (bicyclic) bond motifs is 1. The molecule has 0 saturated carbocycles. The molecule has 0 spiro atoms. The van der Waals surface area contributed by atoms with Gasteiger partial charge in [-0.05, 0) is 46.2 Å². The van der Waals surface area contributed by atoms with Gasteiger partial charge in [0.2, 0.25) is 0 Å². The molecular formula is C24H36ClN3O5. The van der Waals surface area contributed by atoms with E-state index in [0.29, 0.717) is 41.7 Å². The molecule has 3 heterocycles. The van der Waals surface area contributed by atoms with E-state index in [9.17, 15) is 4.79 Å². The van der Waals surface area contributed by atoms with Crippen molar-refractivity contribution >= 4 is 23.2 Å². The van der Waals surface area contributed by atoms with Crippen LogP contribution in [0.3, 0.4) is 0 Å². The summed E-state index contributed by atoms with van der Waals surface area (Å²) in [6, 6.07) is 1.51. The van der Waals surface area contributed by atoms with E-state index in [1.165, 1.54) is 0 Å². The predicted molar refractivity (Wildman–Crippen MR) is 127 cm³/mol. The van der Waals surface area contributed by atoms with E-state index < -0.39 is 11.4 Å². The van der Waals surface area contributed by atoms with E-state index in [2.05, 4.69) is 10.2 Å². The molecule has 0 bridgehead atoms. The summed E-state index contributed by atoms with van der Waals surface area (Å²) in [4.78, 5) is 15.6. The van der Waals surface area contributed by atoms with Gasteiger partial charge in [-0.2, -0.15) is 0 Å². The van der Waals surface area contributed by atoms with Crippen LogP contribution < -0.4 is 15.8 Å². The fourth-order valence-electron chi connectivity index (χ4n) is 5.06. The highest BCUT2D eigenvalue weighted by atomic mass is 35.5. The Bertz CT molecular complexity index is 887. The minimum absolute atomic E-state index is 0.0980. The standard InChI is InChI=1S/C24H36ClN3O5/c1-23(2)13-16-20(26)17(25)12-15(21(16)33-23)22(29)27-18-6-9-28(14-19(18)30-4)8-5-7-24(3)31-10-11-32-24/h12,18-19H,5-11,13-14,26H2,1-4H3,(H,27,29)/t18-,19+/m1/s1. The highest BCUT2D eigenvalue weighted by molar-refractivity contribution is 6.33. The van der Waals surface area contributed by atoms with Gasteiger partial charge in [0.15, 0.2) is 5.79 Å². The van der Waals surface area contributed by atoms with Crippen LogP contribution in [0.2, 0.25) is 5.02 Å². The molecule has 3 aliphatic heterocycles. The summed E-state index contributed by atoms with van der Waals surface area (Å²) in [5, 5.41) is 3.53. The summed E-state index contributed by atoms with van der Waals surface area (Å²) in [5.74, 6) is -0.130. The lowest BCUT2D eigenvalue weighted by Crippen LogP contribution is -2.55. The fraction of sp³-hybridized carbons (Fsp3) is 0.708. The Hall–Kier alpha value is -1.58. The van der Waals surface area contributed by atoms with Crippen LogP contribution in [0.4, 0.5) is 5.69 Å². The topological polar surface area (TPSA) is 95.3 Å². The molecule has 2 atom stereocenters. The van der Waals surface area contributed by atoms with Gasteiger partial charge in [-0.25, -0.2) is 0 Å². The number of benzene rings is 1. The van der Waals surface area contributed by atoms with Crippen molar-refractivity contribution in [2.24, 2.45) is 0 Å². The van der Waals surface area contributed by atoms with Crippen LogP contribution in [0.15, 0.2) is 6.07 Å². The molecule has 9 heteroatoms. The van der Waals surface area contributed by atoms with Crippen LogP contribution in [0.25, 0.3) is 0 Å². The van der Waals surface area contributed by atoms with Crippen molar-refractivity contribution < 1.29 is 23.7 Å². The number of nitrogens with zero attached hydrogens (tertiary/aromatic N) is 1. The minimum Gasteiger partial charge on any atom is -0.486 e. The van der Waals surface area contributed by atoms with Crippen LogP contribution in [-0.2, 0) is 20.6 Å². The smallest absolute Gasteiger partial charge is 0.255 e. The van der Waals surface area contributed by atoms with Gasteiger partial charge >= 0.3 is 0 Å². The summed E-state index contributed by atoms with van der Waals surface area (Å²) in [6.45, 7) is 9.86. The van der Waals surface area contributed by atoms with Crippen molar-refractivity contribution in [1.82, 2.24) is 10.2 Å². The number of ether oxygens (including phenoxy) is 4. The number of likely N-dealkylation sites (tertiary alicyclic amines) is 1. The quantitative estimate of drug-likeness (QED) is 0.578. The second kappa shape index (κ2) is 9.58. The number of halogens is 1. The summed E-state index contributed by atoms with van der Waals surface area (Å²) in [7, 11) is 1.69. The summed E-state index contributed by atoms with van der Waals surface area (Å²) >= 11 is 6.35. The minimum atomic E-state index is -0.454. The van der Waals surface area contributed by atoms with Gasteiger partial charge in [-0.1, -0.05) is 11.6 Å². The Morgan fingerprint density at radius 2 is 2.06 bits per heavy atom. The Morgan fingerprint density at radius 1 is 1.33 bits per heavy atom. The molecule has 0 aliphatic carbocycles. The maximum atomic E-state index is 13.3. The molecule has 2 saturated heterocycles. The fourth-order valence-corrected chi connectivity index (χ4v) is 5.28. The first-order valence-corrected chi connectivity index (χ1v) is 12.1. The number of nitrogen functional groups attached to an aromatic ring is 1. The molecular weight excluding hydrogens is 446 g/mol. The lowest BCUT2D eigenvalue weighted by atomic mass is 9.97. The largest absolute Gasteiger partial charge is 0.486 e. The van der Waals surface area contributed by atoms with Crippen molar-refractivity contribution in [2.75, 3.05) is 45.7 Å². The molecule has 184 valence electrons. The van der Waals surface area contributed by atoms with Crippen LogP contribution in [0, 0.1) is 0 Å². The Labute approximate surface area is 201 Å². The molecule has 1 aromatic carbocycles. The van der Waals surface area contributed by atoms with Gasteiger partial charge in [0, 0.05) is 38.6 Å². The van der Waals surface area contributed by atoms with Crippen LogP contribution in [0.5, 0.6) is 5.75 Å². The molecule has 1 amide bonds. The molecule has 0 unspecified atom stereocenters. The Balaban J connectivity index is 1.36. The monoisotopic (exact) mass is 481 g/mol. The number of methoxy groups -OCH3 is 1. The molecule has 33 heavy (non-hydrogen) atoms. The average molecular weight is 482 g/mol. The maximum Gasteiger partial charge on any atom is 0.255 e. The zero-order valence-electron chi connectivity index (χ0n) is 20.0. The van der Waals surface area contributed by atoms with Crippen molar-refractivity contribution in [3.05, 3.63) is 22.2 Å². The third-order valence-corrected chi connectivity index (χ3v) is 7.18. The number of nitrogens with one attached hydrogen (secondary N) is 1. The molecule has 3 aliphatic rings. The van der Waals surface area contributed by atoms with Gasteiger partial charge in [-0.15, -0.1) is 0 Å². The zero-order valence-corrected chi connectivity index (χ0v) is 20.8. The average Bonchev–Trinajstić information content (AvgIpc) is 3.34. The normalized spacial score (nSPS) is 26.1. The van der Waals surface area contributed by atoms with Gasteiger partial charge in [0.1, 0.15) is 11.4 Å². The van der Waals surface area contributed by atoms with E-state index in [4.69, 9.17) is 36.3 Å². The summed E-state index contributed by atoms with van der Waals surface area (Å²) in [6.07, 6.45) is 3.15. The van der Waals surface area contributed by atoms with Crippen LogP contribution >= 0.6 is 11.6 Å². The highest BCUT2D eigenvalue weighted by Crippen LogP contribution is 2.44. The molecule has 4 rings (SSSR count). The van der Waals surface area contributed by atoms with Gasteiger partial charge < -0.3 is 34.9 Å². The van der Waals surface area contributed by atoms with Gasteiger partial charge in [0.25, 0.3) is 5.91 Å². The Kier molecular flexibility index (Phi) is 7.13. The lowest BCUT2D eigenvalue weighted by molar-refractivity contribution is -0.148. The zero-order chi connectivity index (χ0) is 23.8. The predicted octanol–water partition coefficient (Wildman–Crippen LogP) is 3.00. The summed E-state index contributed by atoms with van der Waals surface area (Å²) < 4.78 is 23.2.